The SMILES string of the molecule is O=C(Nc1ccc([N+](=O)[O-])cc1)c1ccc(=O)n(Cc2ccccc2F)c1. The molecule has 0 fully saturated rings. The van der Waals surface area contributed by atoms with Gasteiger partial charge >= 0.3 is 0 Å². The summed E-state index contributed by atoms with van der Waals surface area (Å²) in [5.41, 5.74) is 0.436. The van der Waals surface area contributed by atoms with E-state index in [0.29, 0.717) is 11.3 Å². The van der Waals surface area contributed by atoms with Crippen LogP contribution in [-0.2, 0) is 6.54 Å². The molecule has 8 heteroatoms. The standard InChI is InChI=1S/C19H14FN3O4/c20-17-4-2-1-3-13(17)11-22-12-14(5-10-18(22)24)19(25)21-15-6-8-16(9-7-15)23(26)27/h1-10,12H,11H2,(H,21,25). The molecule has 0 radical (unpaired) electrons. The van der Waals surface area contributed by atoms with Crippen LogP contribution in [0.25, 0.3) is 0 Å². The van der Waals surface area contributed by atoms with Crippen LogP contribution in [-0.4, -0.2) is 15.4 Å². The molecule has 2 aromatic carbocycles. The molecule has 1 heterocycles. The van der Waals surface area contributed by atoms with Crippen molar-refractivity contribution in [2.75, 3.05) is 5.32 Å². The van der Waals surface area contributed by atoms with Crippen molar-refractivity contribution in [3.05, 3.63) is 104 Å². The number of halogens is 1. The van der Waals surface area contributed by atoms with Crippen LogP contribution in [0.2, 0.25) is 0 Å². The van der Waals surface area contributed by atoms with Gasteiger partial charge in [-0.2, -0.15) is 0 Å². The van der Waals surface area contributed by atoms with E-state index in [1.165, 1.54) is 53.2 Å². The molecule has 3 rings (SSSR count). The molecule has 1 N–H and O–H groups in total. The Balaban J connectivity index is 1.80. The Hall–Kier alpha value is -3.81. The van der Waals surface area contributed by atoms with Crippen LogP contribution in [0.5, 0.6) is 0 Å². The first-order valence-electron chi connectivity index (χ1n) is 7.94. The lowest BCUT2D eigenvalue weighted by molar-refractivity contribution is -0.384. The van der Waals surface area contributed by atoms with Gasteiger partial charge in [0.25, 0.3) is 17.2 Å². The second kappa shape index (κ2) is 7.61. The smallest absolute Gasteiger partial charge is 0.269 e. The van der Waals surface area contributed by atoms with E-state index in [9.17, 15) is 24.1 Å². The fraction of sp³-hybridized carbons (Fsp3) is 0.0526. The highest BCUT2D eigenvalue weighted by Gasteiger charge is 2.11. The summed E-state index contributed by atoms with van der Waals surface area (Å²) in [6.45, 7) is -0.00976. The minimum atomic E-state index is -0.537. The van der Waals surface area contributed by atoms with Gasteiger partial charge in [-0.05, 0) is 24.3 Å². The Morgan fingerprint density at radius 3 is 2.44 bits per heavy atom. The molecule has 0 atom stereocenters. The van der Waals surface area contributed by atoms with Crippen LogP contribution in [0.3, 0.4) is 0 Å². The van der Waals surface area contributed by atoms with Crippen molar-refractivity contribution in [2.24, 2.45) is 0 Å². The Morgan fingerprint density at radius 2 is 1.78 bits per heavy atom. The maximum Gasteiger partial charge on any atom is 0.269 e. The maximum atomic E-state index is 13.8. The van der Waals surface area contributed by atoms with Crippen LogP contribution in [0.15, 0.2) is 71.7 Å². The third-order valence-corrected chi connectivity index (χ3v) is 3.88. The van der Waals surface area contributed by atoms with E-state index < -0.39 is 16.6 Å². The molecular formula is C19H14FN3O4. The highest BCUT2D eigenvalue weighted by atomic mass is 19.1. The number of pyridine rings is 1. The molecule has 0 saturated heterocycles. The zero-order valence-electron chi connectivity index (χ0n) is 14.0. The predicted molar refractivity (Wildman–Crippen MR) is 97.3 cm³/mol. The molecular weight excluding hydrogens is 353 g/mol. The van der Waals surface area contributed by atoms with E-state index in [-0.39, 0.29) is 23.4 Å². The van der Waals surface area contributed by atoms with Crippen molar-refractivity contribution in [3.63, 3.8) is 0 Å². The quantitative estimate of drug-likeness (QED) is 0.553. The number of anilines is 1. The molecule has 136 valence electrons. The van der Waals surface area contributed by atoms with Crippen LogP contribution in [0.1, 0.15) is 15.9 Å². The van der Waals surface area contributed by atoms with Crippen molar-refractivity contribution in [1.82, 2.24) is 4.57 Å². The van der Waals surface area contributed by atoms with E-state index in [4.69, 9.17) is 0 Å². The first-order chi connectivity index (χ1) is 12.9. The van der Waals surface area contributed by atoms with E-state index in [2.05, 4.69) is 5.32 Å². The van der Waals surface area contributed by atoms with E-state index in [0.717, 1.165) is 0 Å². The largest absolute Gasteiger partial charge is 0.322 e. The molecule has 1 aromatic heterocycles. The number of aromatic nitrogens is 1. The average Bonchev–Trinajstić information content (AvgIpc) is 2.65. The highest BCUT2D eigenvalue weighted by molar-refractivity contribution is 6.04. The first-order valence-corrected chi connectivity index (χ1v) is 7.94. The van der Waals surface area contributed by atoms with Gasteiger partial charge in [-0.1, -0.05) is 18.2 Å². The number of nitro groups is 1. The van der Waals surface area contributed by atoms with Gasteiger partial charge in [0, 0.05) is 35.6 Å². The molecule has 0 aliphatic heterocycles. The van der Waals surface area contributed by atoms with Crippen LogP contribution in [0, 0.1) is 15.9 Å². The second-order valence-electron chi connectivity index (χ2n) is 5.73. The molecule has 7 nitrogen and oxygen atoms in total. The molecule has 0 unspecified atom stereocenters. The maximum absolute atomic E-state index is 13.8. The van der Waals surface area contributed by atoms with Gasteiger partial charge in [-0.3, -0.25) is 19.7 Å². The number of hydrogen-bond acceptors (Lipinski definition) is 4. The summed E-state index contributed by atoms with van der Waals surface area (Å²) in [5.74, 6) is -0.934. The number of nitrogens with zero attached hydrogens (tertiary/aromatic N) is 2. The van der Waals surface area contributed by atoms with Gasteiger partial charge in [-0.25, -0.2) is 4.39 Å². The van der Waals surface area contributed by atoms with Crippen LogP contribution >= 0.6 is 0 Å². The molecule has 0 saturated carbocycles. The van der Waals surface area contributed by atoms with Gasteiger partial charge < -0.3 is 9.88 Å². The predicted octanol–water partition coefficient (Wildman–Crippen LogP) is 3.20. The van der Waals surface area contributed by atoms with Crippen molar-refractivity contribution < 1.29 is 14.1 Å². The number of amides is 1. The number of rotatable bonds is 5. The summed E-state index contributed by atoms with van der Waals surface area (Å²) in [5, 5.41) is 13.3. The molecule has 0 aliphatic carbocycles. The Labute approximate surface area is 152 Å². The number of nitro benzene ring substituents is 1. The minimum absolute atomic E-state index is 0.00976. The lowest BCUT2D eigenvalue weighted by Crippen LogP contribution is -2.23. The Morgan fingerprint density at radius 1 is 1.07 bits per heavy atom. The molecule has 27 heavy (non-hydrogen) atoms. The summed E-state index contributed by atoms with van der Waals surface area (Å²) in [4.78, 5) is 34.5. The first kappa shape index (κ1) is 18.0. The van der Waals surface area contributed by atoms with Crippen molar-refractivity contribution in [1.29, 1.82) is 0 Å². The zero-order valence-corrected chi connectivity index (χ0v) is 14.0. The van der Waals surface area contributed by atoms with Gasteiger partial charge in [0.15, 0.2) is 0 Å². The van der Waals surface area contributed by atoms with E-state index in [1.54, 1.807) is 18.2 Å². The summed E-state index contributed by atoms with van der Waals surface area (Å²) in [7, 11) is 0. The van der Waals surface area contributed by atoms with Crippen molar-refractivity contribution >= 4 is 17.3 Å². The Bertz CT molecular complexity index is 1060. The zero-order chi connectivity index (χ0) is 19.4. The van der Waals surface area contributed by atoms with Gasteiger partial charge in [0.1, 0.15) is 5.82 Å². The highest BCUT2D eigenvalue weighted by Crippen LogP contribution is 2.16. The minimum Gasteiger partial charge on any atom is -0.322 e. The van der Waals surface area contributed by atoms with Gasteiger partial charge in [0.2, 0.25) is 0 Å². The average molecular weight is 367 g/mol. The number of carbonyl (C=O) groups excluding carboxylic acids is 1. The van der Waals surface area contributed by atoms with Crippen LogP contribution in [0.4, 0.5) is 15.8 Å². The lowest BCUT2D eigenvalue weighted by Gasteiger charge is -2.10. The third kappa shape index (κ3) is 4.24. The normalized spacial score (nSPS) is 10.4. The topological polar surface area (TPSA) is 94.2 Å². The fourth-order valence-electron chi connectivity index (χ4n) is 2.47. The molecule has 0 bridgehead atoms. The van der Waals surface area contributed by atoms with E-state index in [1.807, 2.05) is 0 Å². The summed E-state index contributed by atoms with van der Waals surface area (Å²) >= 11 is 0. The molecule has 3 aromatic rings. The molecule has 0 aliphatic rings. The van der Waals surface area contributed by atoms with Gasteiger partial charge in [0.05, 0.1) is 17.0 Å². The lowest BCUT2D eigenvalue weighted by atomic mass is 10.2. The van der Waals surface area contributed by atoms with Gasteiger partial charge in [-0.15, -0.1) is 0 Å². The summed E-state index contributed by atoms with van der Waals surface area (Å²) < 4.78 is 15.0. The summed E-state index contributed by atoms with van der Waals surface area (Å²) in [6.07, 6.45) is 1.34. The number of non-ortho nitro benzene ring substituents is 1. The van der Waals surface area contributed by atoms with Crippen molar-refractivity contribution in [2.45, 2.75) is 6.54 Å². The monoisotopic (exact) mass is 367 g/mol. The number of carbonyl (C=O) groups is 1. The number of benzene rings is 2. The number of nitrogens with one attached hydrogen (secondary N) is 1. The second-order valence-corrected chi connectivity index (χ2v) is 5.73. The molecule has 1 amide bonds. The van der Waals surface area contributed by atoms with E-state index >= 15 is 0 Å². The van der Waals surface area contributed by atoms with Crippen molar-refractivity contribution in [3.8, 4) is 0 Å². The molecule has 0 spiro atoms. The van der Waals surface area contributed by atoms with Crippen LogP contribution < -0.4 is 10.9 Å². The summed E-state index contributed by atoms with van der Waals surface area (Å²) in [6, 6.07) is 14.0. The Kier molecular flexibility index (Phi) is 5.07. The fourth-order valence-corrected chi connectivity index (χ4v) is 2.47. The third-order valence-electron chi connectivity index (χ3n) is 3.88. The number of hydrogen-bond donors (Lipinski definition) is 1.